The summed E-state index contributed by atoms with van der Waals surface area (Å²) in [7, 11) is 0. The van der Waals surface area contributed by atoms with Crippen molar-refractivity contribution in [2.75, 3.05) is 5.32 Å². The maximum absolute atomic E-state index is 12.2. The molecule has 3 rings (SSSR count). The zero-order valence-corrected chi connectivity index (χ0v) is 13.5. The lowest BCUT2D eigenvalue weighted by molar-refractivity contribution is 0.102. The molecule has 2 aromatic carbocycles. The number of hydrogen-bond acceptors (Lipinski definition) is 2. The third-order valence-electron chi connectivity index (χ3n) is 3.31. The van der Waals surface area contributed by atoms with Crippen LogP contribution in [0.5, 0.6) is 0 Å². The summed E-state index contributed by atoms with van der Waals surface area (Å²) in [6.07, 6.45) is 1.39. The highest BCUT2D eigenvalue weighted by Crippen LogP contribution is 2.22. The van der Waals surface area contributed by atoms with Gasteiger partial charge in [0.2, 0.25) is 0 Å². The van der Waals surface area contributed by atoms with Gasteiger partial charge in [-0.15, -0.1) is 0 Å². The molecule has 0 aliphatic rings. The maximum Gasteiger partial charge on any atom is 0.257 e. The van der Waals surface area contributed by atoms with E-state index in [2.05, 4.69) is 10.3 Å². The van der Waals surface area contributed by atoms with E-state index in [1.54, 1.807) is 0 Å². The second-order valence-electron chi connectivity index (χ2n) is 4.89. The van der Waals surface area contributed by atoms with E-state index in [9.17, 15) is 4.79 Å². The van der Waals surface area contributed by atoms with Crippen LogP contribution in [-0.4, -0.2) is 10.9 Å². The number of nitrogens with one attached hydrogen (secondary N) is 1. The van der Waals surface area contributed by atoms with E-state index in [1.165, 1.54) is 12.3 Å². The number of hydrogen-bond donors (Lipinski definition) is 1. The smallest absolute Gasteiger partial charge is 0.257 e. The van der Waals surface area contributed by atoms with Crippen LogP contribution in [0.3, 0.4) is 0 Å². The largest absolute Gasteiger partial charge is 0.322 e. The standard InChI is InChI=1S/C18H12Cl2N2O/c19-16-10-14(11-21-17(16)20)18(23)22-15-8-6-13(7-9-15)12-4-2-1-3-5-12/h1-11H,(H,22,23). The fraction of sp³-hybridized carbons (Fsp3) is 0. The van der Waals surface area contributed by atoms with Gasteiger partial charge in [0.1, 0.15) is 5.15 Å². The Morgan fingerprint density at radius 1 is 0.913 bits per heavy atom. The first-order valence-electron chi connectivity index (χ1n) is 6.91. The zero-order valence-electron chi connectivity index (χ0n) is 12.0. The molecule has 0 spiro atoms. The van der Waals surface area contributed by atoms with Gasteiger partial charge in [-0.3, -0.25) is 4.79 Å². The van der Waals surface area contributed by atoms with Gasteiger partial charge in [-0.2, -0.15) is 0 Å². The second kappa shape index (κ2) is 6.82. The van der Waals surface area contributed by atoms with Crippen molar-refractivity contribution in [1.82, 2.24) is 4.98 Å². The van der Waals surface area contributed by atoms with E-state index >= 15 is 0 Å². The average Bonchev–Trinajstić information content (AvgIpc) is 2.59. The molecule has 0 bridgehead atoms. The van der Waals surface area contributed by atoms with Crippen LogP contribution in [0, 0.1) is 0 Å². The molecule has 5 heteroatoms. The summed E-state index contributed by atoms with van der Waals surface area (Å²) in [6, 6.07) is 19.1. The Bertz CT molecular complexity index is 833. The minimum atomic E-state index is -0.288. The molecule has 0 fully saturated rings. The van der Waals surface area contributed by atoms with Gasteiger partial charge in [0, 0.05) is 11.9 Å². The van der Waals surface area contributed by atoms with Crippen LogP contribution in [-0.2, 0) is 0 Å². The lowest BCUT2D eigenvalue weighted by Gasteiger charge is -2.07. The van der Waals surface area contributed by atoms with E-state index in [4.69, 9.17) is 23.2 Å². The first kappa shape index (κ1) is 15.5. The Labute approximate surface area is 143 Å². The third kappa shape index (κ3) is 3.70. The monoisotopic (exact) mass is 342 g/mol. The fourth-order valence-corrected chi connectivity index (χ4v) is 2.39. The number of anilines is 1. The number of nitrogens with zero attached hydrogens (tertiary/aromatic N) is 1. The number of rotatable bonds is 3. The summed E-state index contributed by atoms with van der Waals surface area (Å²) < 4.78 is 0. The highest BCUT2D eigenvalue weighted by molar-refractivity contribution is 6.41. The van der Waals surface area contributed by atoms with E-state index in [1.807, 2.05) is 54.6 Å². The predicted molar refractivity (Wildman–Crippen MR) is 94.1 cm³/mol. The Kier molecular flexibility index (Phi) is 4.60. The zero-order chi connectivity index (χ0) is 16.2. The van der Waals surface area contributed by atoms with Crippen molar-refractivity contribution in [1.29, 1.82) is 0 Å². The van der Waals surface area contributed by atoms with Crippen molar-refractivity contribution in [3.05, 3.63) is 82.6 Å². The summed E-state index contributed by atoms with van der Waals surface area (Å²) in [6.45, 7) is 0. The molecule has 0 aliphatic heterocycles. The molecule has 114 valence electrons. The molecular weight excluding hydrogens is 331 g/mol. The highest BCUT2D eigenvalue weighted by atomic mass is 35.5. The molecule has 3 aromatic rings. The van der Waals surface area contributed by atoms with Crippen molar-refractivity contribution in [2.24, 2.45) is 0 Å². The first-order valence-corrected chi connectivity index (χ1v) is 7.67. The van der Waals surface area contributed by atoms with Crippen LogP contribution in [0.25, 0.3) is 11.1 Å². The minimum Gasteiger partial charge on any atom is -0.322 e. The van der Waals surface area contributed by atoms with Gasteiger partial charge in [0.15, 0.2) is 0 Å². The molecule has 0 aliphatic carbocycles. The van der Waals surface area contributed by atoms with Crippen molar-refractivity contribution in [2.45, 2.75) is 0 Å². The summed E-state index contributed by atoms with van der Waals surface area (Å²) in [4.78, 5) is 16.0. The maximum atomic E-state index is 12.2. The molecular formula is C18H12Cl2N2O. The Hall–Kier alpha value is -2.36. The number of benzene rings is 2. The minimum absolute atomic E-state index is 0.176. The average molecular weight is 343 g/mol. The van der Waals surface area contributed by atoms with E-state index in [0.29, 0.717) is 11.3 Å². The second-order valence-corrected chi connectivity index (χ2v) is 5.66. The Morgan fingerprint density at radius 3 is 2.22 bits per heavy atom. The number of pyridine rings is 1. The highest BCUT2D eigenvalue weighted by Gasteiger charge is 2.09. The van der Waals surface area contributed by atoms with Crippen LogP contribution in [0.1, 0.15) is 10.4 Å². The molecule has 1 heterocycles. The third-order valence-corrected chi connectivity index (χ3v) is 3.99. The van der Waals surface area contributed by atoms with Crippen molar-refractivity contribution < 1.29 is 4.79 Å². The van der Waals surface area contributed by atoms with E-state index in [0.717, 1.165) is 11.1 Å². The predicted octanol–water partition coefficient (Wildman–Crippen LogP) is 5.31. The molecule has 1 N–H and O–H groups in total. The lowest BCUT2D eigenvalue weighted by atomic mass is 10.1. The molecule has 1 aromatic heterocycles. The molecule has 0 saturated carbocycles. The number of halogens is 2. The van der Waals surface area contributed by atoms with Gasteiger partial charge in [-0.05, 0) is 29.3 Å². The summed E-state index contributed by atoms with van der Waals surface area (Å²) >= 11 is 11.6. The van der Waals surface area contributed by atoms with Crippen LogP contribution in [0.4, 0.5) is 5.69 Å². The number of carbonyl (C=O) groups is 1. The van der Waals surface area contributed by atoms with Gasteiger partial charge in [-0.25, -0.2) is 4.98 Å². The number of amides is 1. The topological polar surface area (TPSA) is 42.0 Å². The number of aromatic nitrogens is 1. The molecule has 0 radical (unpaired) electrons. The van der Waals surface area contributed by atoms with Gasteiger partial charge in [0.25, 0.3) is 5.91 Å². The Balaban J connectivity index is 1.75. The molecule has 23 heavy (non-hydrogen) atoms. The summed E-state index contributed by atoms with van der Waals surface area (Å²) in [5.41, 5.74) is 3.26. The molecule has 0 atom stereocenters. The Morgan fingerprint density at radius 2 is 1.57 bits per heavy atom. The molecule has 1 amide bonds. The van der Waals surface area contributed by atoms with E-state index < -0.39 is 0 Å². The lowest BCUT2D eigenvalue weighted by Crippen LogP contribution is -2.12. The van der Waals surface area contributed by atoms with Crippen LogP contribution >= 0.6 is 23.2 Å². The number of carbonyl (C=O) groups excluding carboxylic acids is 1. The SMILES string of the molecule is O=C(Nc1ccc(-c2ccccc2)cc1)c1cnc(Cl)c(Cl)c1. The van der Waals surface area contributed by atoms with Crippen LogP contribution in [0.2, 0.25) is 10.2 Å². The normalized spacial score (nSPS) is 10.3. The van der Waals surface area contributed by atoms with Crippen molar-refractivity contribution in [3.8, 4) is 11.1 Å². The summed E-state index contributed by atoms with van der Waals surface area (Å²) in [5, 5.41) is 3.23. The summed E-state index contributed by atoms with van der Waals surface area (Å²) in [5.74, 6) is -0.288. The van der Waals surface area contributed by atoms with Gasteiger partial charge >= 0.3 is 0 Å². The first-order chi connectivity index (χ1) is 11.1. The molecule has 0 unspecified atom stereocenters. The van der Waals surface area contributed by atoms with Crippen molar-refractivity contribution in [3.63, 3.8) is 0 Å². The van der Waals surface area contributed by atoms with Gasteiger partial charge < -0.3 is 5.32 Å². The fourth-order valence-electron chi connectivity index (χ4n) is 2.13. The van der Waals surface area contributed by atoms with Gasteiger partial charge in [0.05, 0.1) is 10.6 Å². The quantitative estimate of drug-likeness (QED) is 0.655. The van der Waals surface area contributed by atoms with Gasteiger partial charge in [-0.1, -0.05) is 65.7 Å². The molecule has 0 saturated heterocycles. The molecule has 3 nitrogen and oxygen atoms in total. The van der Waals surface area contributed by atoms with Crippen LogP contribution < -0.4 is 5.32 Å². The van der Waals surface area contributed by atoms with Crippen LogP contribution in [0.15, 0.2) is 66.9 Å². The van der Waals surface area contributed by atoms with E-state index in [-0.39, 0.29) is 16.1 Å². The van der Waals surface area contributed by atoms with Crippen molar-refractivity contribution >= 4 is 34.8 Å².